The van der Waals surface area contributed by atoms with E-state index in [4.69, 9.17) is 11.6 Å². The summed E-state index contributed by atoms with van der Waals surface area (Å²) in [4.78, 5) is 0.322. The lowest BCUT2D eigenvalue weighted by molar-refractivity contribution is 0.534. The Labute approximate surface area is 107 Å². The molecule has 1 saturated carbocycles. The summed E-state index contributed by atoms with van der Waals surface area (Å²) < 4.78 is 26.7. The normalized spacial score (nSPS) is 18.0. The average molecular weight is 274 g/mol. The standard InChI is InChI=1S/C12H16ClNO2S/c1-10-3-2-4-11(7-10)17(15,16)14-9-12(8-13)5-6-12/h2-4,7,14H,5-6,8-9H2,1H3. The first kappa shape index (κ1) is 12.9. The van der Waals surface area contributed by atoms with Crippen molar-refractivity contribution < 1.29 is 8.42 Å². The minimum atomic E-state index is -3.39. The van der Waals surface area contributed by atoms with E-state index in [2.05, 4.69) is 4.72 Å². The Kier molecular flexibility index (Phi) is 3.48. The molecule has 1 aliphatic rings. The zero-order valence-electron chi connectivity index (χ0n) is 9.74. The summed E-state index contributed by atoms with van der Waals surface area (Å²) in [5.41, 5.74) is 0.935. The maximum absolute atomic E-state index is 12.0. The quantitative estimate of drug-likeness (QED) is 0.837. The molecule has 3 nitrogen and oxygen atoms in total. The molecule has 0 amide bonds. The molecule has 0 atom stereocenters. The van der Waals surface area contributed by atoms with Crippen LogP contribution in [0.15, 0.2) is 29.2 Å². The Morgan fingerprint density at radius 2 is 2.12 bits per heavy atom. The first-order valence-electron chi connectivity index (χ1n) is 5.60. The largest absolute Gasteiger partial charge is 0.240 e. The molecule has 0 unspecified atom stereocenters. The van der Waals surface area contributed by atoms with Crippen LogP contribution in [0, 0.1) is 12.3 Å². The predicted octanol–water partition coefficient (Wildman–Crippen LogP) is 2.29. The molecule has 1 aromatic rings. The number of halogens is 1. The van der Waals surface area contributed by atoms with Crippen LogP contribution >= 0.6 is 11.6 Å². The number of hydrogen-bond donors (Lipinski definition) is 1. The summed E-state index contributed by atoms with van der Waals surface area (Å²) >= 11 is 5.82. The van der Waals surface area contributed by atoms with Crippen LogP contribution in [0.2, 0.25) is 0 Å². The maximum Gasteiger partial charge on any atom is 0.240 e. The molecule has 0 aliphatic heterocycles. The zero-order valence-corrected chi connectivity index (χ0v) is 11.3. The van der Waals surface area contributed by atoms with E-state index in [9.17, 15) is 8.42 Å². The third kappa shape index (κ3) is 3.00. The van der Waals surface area contributed by atoms with Gasteiger partial charge in [-0.15, -0.1) is 11.6 Å². The van der Waals surface area contributed by atoms with Gasteiger partial charge < -0.3 is 0 Å². The Morgan fingerprint density at radius 1 is 1.41 bits per heavy atom. The Morgan fingerprint density at radius 3 is 2.65 bits per heavy atom. The van der Waals surface area contributed by atoms with Crippen LogP contribution in [0.25, 0.3) is 0 Å². The fraction of sp³-hybridized carbons (Fsp3) is 0.500. The molecule has 2 rings (SSSR count). The lowest BCUT2D eigenvalue weighted by atomic mass is 10.1. The van der Waals surface area contributed by atoms with Crippen molar-refractivity contribution >= 4 is 21.6 Å². The van der Waals surface area contributed by atoms with Crippen LogP contribution in [0.5, 0.6) is 0 Å². The van der Waals surface area contributed by atoms with Crippen molar-refractivity contribution in [3.8, 4) is 0 Å². The molecule has 1 fully saturated rings. The lowest BCUT2D eigenvalue weighted by Crippen LogP contribution is -2.31. The molecular formula is C12H16ClNO2S. The van der Waals surface area contributed by atoms with E-state index in [0.717, 1.165) is 18.4 Å². The van der Waals surface area contributed by atoms with Gasteiger partial charge in [0.25, 0.3) is 0 Å². The predicted molar refractivity (Wildman–Crippen MR) is 68.8 cm³/mol. The number of rotatable bonds is 5. The number of nitrogens with one attached hydrogen (secondary N) is 1. The van der Waals surface area contributed by atoms with Crippen molar-refractivity contribution in [2.75, 3.05) is 12.4 Å². The van der Waals surface area contributed by atoms with Gasteiger partial charge in [-0.3, -0.25) is 0 Å². The van der Waals surface area contributed by atoms with Gasteiger partial charge in [-0.2, -0.15) is 0 Å². The van der Waals surface area contributed by atoms with Crippen LogP contribution in [0.4, 0.5) is 0 Å². The third-order valence-electron chi connectivity index (χ3n) is 3.18. The van der Waals surface area contributed by atoms with E-state index in [1.165, 1.54) is 0 Å². The van der Waals surface area contributed by atoms with E-state index >= 15 is 0 Å². The van der Waals surface area contributed by atoms with Crippen molar-refractivity contribution in [1.29, 1.82) is 0 Å². The van der Waals surface area contributed by atoms with Gasteiger partial charge >= 0.3 is 0 Å². The van der Waals surface area contributed by atoms with Gasteiger partial charge in [-0.05, 0) is 42.9 Å². The number of aryl methyl sites for hydroxylation is 1. The van der Waals surface area contributed by atoms with Crippen molar-refractivity contribution in [2.45, 2.75) is 24.7 Å². The van der Waals surface area contributed by atoms with Gasteiger partial charge in [-0.25, -0.2) is 13.1 Å². The molecule has 0 aromatic heterocycles. The van der Waals surface area contributed by atoms with E-state index < -0.39 is 10.0 Å². The molecule has 5 heteroatoms. The van der Waals surface area contributed by atoms with Crippen LogP contribution in [-0.2, 0) is 10.0 Å². The van der Waals surface area contributed by atoms with E-state index in [0.29, 0.717) is 17.3 Å². The highest BCUT2D eigenvalue weighted by Crippen LogP contribution is 2.46. The van der Waals surface area contributed by atoms with Gasteiger partial charge in [0.05, 0.1) is 4.90 Å². The Bertz CT molecular complexity index is 509. The van der Waals surface area contributed by atoms with Crippen LogP contribution in [0.1, 0.15) is 18.4 Å². The number of sulfonamides is 1. The van der Waals surface area contributed by atoms with Crippen molar-refractivity contribution in [3.05, 3.63) is 29.8 Å². The summed E-state index contributed by atoms with van der Waals surface area (Å²) in [6.07, 6.45) is 2.01. The van der Waals surface area contributed by atoms with Crippen molar-refractivity contribution in [2.24, 2.45) is 5.41 Å². The Balaban J connectivity index is 2.09. The molecule has 0 bridgehead atoms. The van der Waals surface area contributed by atoms with Crippen LogP contribution in [0.3, 0.4) is 0 Å². The monoisotopic (exact) mass is 273 g/mol. The summed E-state index contributed by atoms with van der Waals surface area (Å²) in [6, 6.07) is 6.90. The van der Waals surface area contributed by atoms with E-state index in [1.807, 2.05) is 13.0 Å². The van der Waals surface area contributed by atoms with Gasteiger partial charge in [0.2, 0.25) is 10.0 Å². The maximum atomic E-state index is 12.0. The second-order valence-electron chi connectivity index (χ2n) is 4.77. The summed E-state index contributed by atoms with van der Waals surface area (Å²) in [5.74, 6) is 0.517. The topological polar surface area (TPSA) is 46.2 Å². The minimum Gasteiger partial charge on any atom is -0.211 e. The highest BCUT2D eigenvalue weighted by Gasteiger charge is 2.42. The lowest BCUT2D eigenvalue weighted by Gasteiger charge is -2.13. The zero-order chi connectivity index (χ0) is 12.5. The fourth-order valence-electron chi connectivity index (χ4n) is 1.65. The molecule has 17 heavy (non-hydrogen) atoms. The molecule has 0 heterocycles. The Hall–Kier alpha value is -0.580. The summed E-state index contributed by atoms with van der Waals surface area (Å²) in [6.45, 7) is 2.31. The smallest absolute Gasteiger partial charge is 0.211 e. The van der Waals surface area contributed by atoms with Crippen LogP contribution < -0.4 is 4.72 Å². The first-order valence-corrected chi connectivity index (χ1v) is 7.62. The van der Waals surface area contributed by atoms with Crippen molar-refractivity contribution in [1.82, 2.24) is 4.72 Å². The molecule has 0 saturated heterocycles. The van der Waals surface area contributed by atoms with Gasteiger partial charge in [0.15, 0.2) is 0 Å². The molecule has 1 N–H and O–H groups in total. The summed E-state index contributed by atoms with van der Waals surface area (Å²) in [7, 11) is -3.39. The molecular weight excluding hydrogens is 258 g/mol. The van der Waals surface area contributed by atoms with E-state index in [1.54, 1.807) is 18.2 Å². The van der Waals surface area contributed by atoms with Gasteiger partial charge in [0.1, 0.15) is 0 Å². The molecule has 94 valence electrons. The molecule has 1 aromatic carbocycles. The second-order valence-corrected chi connectivity index (χ2v) is 6.81. The summed E-state index contributed by atoms with van der Waals surface area (Å²) in [5, 5.41) is 0. The van der Waals surface area contributed by atoms with E-state index in [-0.39, 0.29) is 5.41 Å². The highest BCUT2D eigenvalue weighted by atomic mass is 35.5. The van der Waals surface area contributed by atoms with Crippen LogP contribution in [-0.4, -0.2) is 20.8 Å². The molecule has 1 aliphatic carbocycles. The number of alkyl halides is 1. The van der Waals surface area contributed by atoms with Gasteiger partial charge in [-0.1, -0.05) is 12.1 Å². The molecule has 0 radical (unpaired) electrons. The highest BCUT2D eigenvalue weighted by molar-refractivity contribution is 7.89. The SMILES string of the molecule is Cc1cccc(S(=O)(=O)NCC2(CCl)CC2)c1. The first-order chi connectivity index (χ1) is 7.97. The van der Waals surface area contributed by atoms with Crippen molar-refractivity contribution in [3.63, 3.8) is 0 Å². The number of hydrogen-bond acceptors (Lipinski definition) is 2. The fourth-order valence-corrected chi connectivity index (χ4v) is 3.27. The average Bonchev–Trinajstić information content (AvgIpc) is 3.07. The third-order valence-corrected chi connectivity index (χ3v) is 5.14. The van der Waals surface area contributed by atoms with Gasteiger partial charge in [0, 0.05) is 12.4 Å². The molecule has 0 spiro atoms. The number of benzene rings is 1. The minimum absolute atomic E-state index is 0.00154. The second kappa shape index (κ2) is 4.59.